The van der Waals surface area contributed by atoms with Crippen LogP contribution in [0, 0.1) is 0 Å². The second kappa shape index (κ2) is 6.73. The van der Waals surface area contributed by atoms with E-state index in [9.17, 15) is 0 Å². The number of hydrogen-bond acceptors (Lipinski definition) is 6. The molecule has 0 aliphatic carbocycles. The molecule has 3 aromatic rings. The third kappa shape index (κ3) is 3.25. The van der Waals surface area contributed by atoms with Gasteiger partial charge in [0, 0.05) is 18.1 Å². The maximum absolute atomic E-state index is 4.29. The molecular weight excluding hydrogens is 302 g/mol. The van der Waals surface area contributed by atoms with Crippen LogP contribution in [0.3, 0.4) is 0 Å². The van der Waals surface area contributed by atoms with Crippen LogP contribution < -0.4 is 0 Å². The molecule has 0 saturated carbocycles. The van der Waals surface area contributed by atoms with Gasteiger partial charge < -0.3 is 0 Å². The molecule has 0 saturated heterocycles. The first kappa shape index (κ1) is 14.1. The van der Waals surface area contributed by atoms with E-state index in [2.05, 4.69) is 36.9 Å². The lowest BCUT2D eigenvalue weighted by Gasteiger charge is -2.08. The highest BCUT2D eigenvalue weighted by molar-refractivity contribution is 7.98. The number of hydrogen-bond donors (Lipinski definition) is 0. The molecule has 0 aliphatic heterocycles. The van der Waals surface area contributed by atoms with Gasteiger partial charge in [-0.15, -0.1) is 10.2 Å². The van der Waals surface area contributed by atoms with Crippen LogP contribution in [0.1, 0.15) is 5.82 Å². The fourth-order valence-corrected chi connectivity index (χ4v) is 3.08. The molecule has 0 amide bonds. The van der Waals surface area contributed by atoms with Gasteiger partial charge in [0.15, 0.2) is 10.3 Å². The predicted molar refractivity (Wildman–Crippen MR) is 84.7 cm³/mol. The number of nitrogens with zero attached hydrogens (tertiary/aromatic N) is 5. The van der Waals surface area contributed by atoms with E-state index in [4.69, 9.17) is 0 Å². The van der Waals surface area contributed by atoms with Gasteiger partial charge in [0.05, 0.1) is 5.75 Å². The Morgan fingerprint density at radius 1 is 1.00 bits per heavy atom. The van der Waals surface area contributed by atoms with Crippen LogP contribution in [-0.4, -0.2) is 31.0 Å². The van der Waals surface area contributed by atoms with Gasteiger partial charge in [-0.25, -0.2) is 9.97 Å². The van der Waals surface area contributed by atoms with Gasteiger partial charge in [0.1, 0.15) is 5.82 Å². The summed E-state index contributed by atoms with van der Waals surface area (Å²) in [7, 11) is 0. The zero-order valence-electron chi connectivity index (χ0n) is 11.4. The third-order valence-electron chi connectivity index (χ3n) is 2.77. The first-order valence-corrected chi connectivity index (χ1v) is 8.53. The fraction of sp³-hybridized carbons (Fsp3) is 0.143. The van der Waals surface area contributed by atoms with Crippen molar-refractivity contribution >= 4 is 23.5 Å². The summed E-state index contributed by atoms with van der Waals surface area (Å²) < 4.78 is 2.07. The Morgan fingerprint density at radius 3 is 2.48 bits per heavy atom. The lowest BCUT2D eigenvalue weighted by atomic mass is 10.3. The molecule has 0 bridgehead atoms. The minimum atomic E-state index is 0.673. The minimum absolute atomic E-state index is 0.673. The van der Waals surface area contributed by atoms with Crippen molar-refractivity contribution in [1.29, 1.82) is 0 Å². The maximum Gasteiger partial charge on any atom is 0.195 e. The summed E-state index contributed by atoms with van der Waals surface area (Å²) in [6.07, 6.45) is 5.48. The Labute approximate surface area is 131 Å². The van der Waals surface area contributed by atoms with Crippen molar-refractivity contribution in [2.45, 2.75) is 16.1 Å². The summed E-state index contributed by atoms with van der Waals surface area (Å²) in [6, 6.07) is 11.9. The molecule has 5 nitrogen and oxygen atoms in total. The number of rotatable bonds is 5. The van der Waals surface area contributed by atoms with E-state index in [1.807, 2.05) is 30.5 Å². The summed E-state index contributed by atoms with van der Waals surface area (Å²) in [5.74, 6) is 1.56. The van der Waals surface area contributed by atoms with Crippen molar-refractivity contribution in [3.63, 3.8) is 0 Å². The molecule has 0 N–H and O–H groups in total. The molecule has 2 heterocycles. The minimum Gasteiger partial charge on any atom is -0.273 e. The molecule has 0 atom stereocenters. The van der Waals surface area contributed by atoms with Crippen molar-refractivity contribution in [3.8, 4) is 5.69 Å². The predicted octanol–water partition coefficient (Wildman–Crippen LogP) is 3.07. The van der Waals surface area contributed by atoms with Gasteiger partial charge in [-0.05, 0) is 24.5 Å². The average molecular weight is 315 g/mol. The van der Waals surface area contributed by atoms with Crippen molar-refractivity contribution in [2.75, 3.05) is 6.26 Å². The molecular formula is C14H13N5S2. The van der Waals surface area contributed by atoms with Crippen LogP contribution in [0.15, 0.2) is 59.1 Å². The van der Waals surface area contributed by atoms with Crippen LogP contribution in [-0.2, 0) is 5.75 Å². The molecule has 0 spiro atoms. The van der Waals surface area contributed by atoms with Gasteiger partial charge in [-0.1, -0.05) is 41.7 Å². The van der Waals surface area contributed by atoms with E-state index < -0.39 is 0 Å². The summed E-state index contributed by atoms with van der Waals surface area (Å²) in [6.45, 7) is 0. The number of para-hydroxylation sites is 1. The number of thioether (sulfide) groups is 2. The van der Waals surface area contributed by atoms with Gasteiger partial charge in [-0.3, -0.25) is 4.57 Å². The Kier molecular flexibility index (Phi) is 4.52. The Hall–Kier alpha value is -1.86. The molecule has 2 aromatic heterocycles. The van der Waals surface area contributed by atoms with Crippen molar-refractivity contribution in [1.82, 2.24) is 24.7 Å². The Balaban J connectivity index is 1.87. The molecule has 0 fully saturated rings. The highest BCUT2D eigenvalue weighted by atomic mass is 32.2. The Morgan fingerprint density at radius 2 is 1.76 bits per heavy atom. The second-order valence-corrected chi connectivity index (χ2v) is 5.81. The topological polar surface area (TPSA) is 56.5 Å². The van der Waals surface area contributed by atoms with Gasteiger partial charge in [-0.2, -0.15) is 0 Å². The van der Waals surface area contributed by atoms with Crippen molar-refractivity contribution in [3.05, 3.63) is 54.6 Å². The van der Waals surface area contributed by atoms with E-state index in [0.29, 0.717) is 5.75 Å². The molecule has 0 unspecified atom stereocenters. The van der Waals surface area contributed by atoms with Crippen molar-refractivity contribution < 1.29 is 0 Å². The van der Waals surface area contributed by atoms with E-state index in [0.717, 1.165) is 21.8 Å². The zero-order chi connectivity index (χ0) is 14.5. The zero-order valence-corrected chi connectivity index (χ0v) is 13.0. The smallest absolute Gasteiger partial charge is 0.195 e. The normalized spacial score (nSPS) is 10.7. The molecule has 0 aliphatic rings. The molecule has 7 heteroatoms. The highest BCUT2D eigenvalue weighted by Crippen LogP contribution is 2.24. The van der Waals surface area contributed by atoms with Gasteiger partial charge in [0.25, 0.3) is 0 Å². The fourth-order valence-electron chi connectivity index (χ4n) is 1.85. The van der Waals surface area contributed by atoms with Crippen molar-refractivity contribution in [2.24, 2.45) is 0 Å². The first-order valence-electron chi connectivity index (χ1n) is 6.32. The van der Waals surface area contributed by atoms with Crippen LogP contribution in [0.4, 0.5) is 0 Å². The monoisotopic (exact) mass is 315 g/mol. The van der Waals surface area contributed by atoms with E-state index >= 15 is 0 Å². The third-order valence-corrected chi connectivity index (χ3v) is 4.27. The SMILES string of the molecule is CSc1nnc(CSc2ncccn2)n1-c1ccccc1. The molecule has 0 radical (unpaired) electrons. The summed E-state index contributed by atoms with van der Waals surface area (Å²) >= 11 is 3.13. The summed E-state index contributed by atoms with van der Waals surface area (Å²) in [4.78, 5) is 8.42. The molecule has 21 heavy (non-hydrogen) atoms. The second-order valence-electron chi connectivity index (χ2n) is 4.09. The first-order chi connectivity index (χ1) is 10.4. The maximum atomic E-state index is 4.29. The highest BCUT2D eigenvalue weighted by Gasteiger charge is 2.13. The van der Waals surface area contributed by atoms with Crippen LogP contribution in [0.5, 0.6) is 0 Å². The lowest BCUT2D eigenvalue weighted by Crippen LogP contribution is -2.01. The van der Waals surface area contributed by atoms with E-state index in [1.54, 1.807) is 35.9 Å². The largest absolute Gasteiger partial charge is 0.273 e. The standard InChI is InChI=1S/C14H13N5S2/c1-20-14-18-17-12(10-21-13-15-8-5-9-16-13)19(14)11-6-3-2-4-7-11/h2-9H,10H2,1H3. The van der Waals surface area contributed by atoms with Crippen LogP contribution in [0.2, 0.25) is 0 Å². The molecule has 106 valence electrons. The van der Waals surface area contributed by atoms with Crippen LogP contribution in [0.25, 0.3) is 5.69 Å². The number of aromatic nitrogens is 5. The van der Waals surface area contributed by atoms with E-state index in [-0.39, 0.29) is 0 Å². The van der Waals surface area contributed by atoms with Gasteiger partial charge >= 0.3 is 0 Å². The quantitative estimate of drug-likeness (QED) is 0.533. The van der Waals surface area contributed by atoms with Gasteiger partial charge in [0.2, 0.25) is 0 Å². The summed E-state index contributed by atoms with van der Waals surface area (Å²) in [5, 5.41) is 10.2. The lowest BCUT2D eigenvalue weighted by molar-refractivity contribution is 0.865. The van der Waals surface area contributed by atoms with E-state index in [1.165, 1.54) is 0 Å². The molecule has 1 aromatic carbocycles. The average Bonchev–Trinajstić information content (AvgIpc) is 2.97. The molecule has 3 rings (SSSR count). The number of benzene rings is 1. The summed E-state index contributed by atoms with van der Waals surface area (Å²) in [5.41, 5.74) is 1.07. The Bertz CT molecular complexity index is 700. The van der Waals surface area contributed by atoms with Crippen LogP contribution >= 0.6 is 23.5 Å².